The summed E-state index contributed by atoms with van der Waals surface area (Å²) in [7, 11) is 0. The van der Waals surface area contributed by atoms with Crippen molar-refractivity contribution in [3.05, 3.63) is 100 Å². The normalized spacial score (nSPS) is 11.2. The quantitative estimate of drug-likeness (QED) is 0.302. The van der Waals surface area contributed by atoms with Crippen LogP contribution in [-0.4, -0.2) is 23.3 Å². The van der Waals surface area contributed by atoms with Gasteiger partial charge in [-0.05, 0) is 49.2 Å². The van der Waals surface area contributed by atoms with Crippen LogP contribution in [0.2, 0.25) is 5.02 Å². The minimum Gasteiger partial charge on any atom is -0.484 e. The zero-order valence-corrected chi connectivity index (χ0v) is 18.8. The van der Waals surface area contributed by atoms with E-state index in [9.17, 15) is 4.79 Å². The molecule has 1 amide bonds. The van der Waals surface area contributed by atoms with Gasteiger partial charge in [-0.1, -0.05) is 60.1 Å². The Bertz CT molecular complexity index is 1280. The van der Waals surface area contributed by atoms with Gasteiger partial charge >= 0.3 is 0 Å². The molecule has 3 aromatic carbocycles. The van der Waals surface area contributed by atoms with E-state index >= 15 is 0 Å². The fourth-order valence-electron chi connectivity index (χ4n) is 3.65. The minimum absolute atomic E-state index is 0.132. The second-order valence-electron chi connectivity index (χ2n) is 7.58. The van der Waals surface area contributed by atoms with Crippen LogP contribution in [0.3, 0.4) is 0 Å². The van der Waals surface area contributed by atoms with E-state index in [0.717, 1.165) is 34.3 Å². The summed E-state index contributed by atoms with van der Waals surface area (Å²) in [6, 6.07) is 23.8. The van der Waals surface area contributed by atoms with E-state index < -0.39 is 0 Å². The number of hydrogen-bond acceptors (Lipinski definition) is 3. The Morgan fingerprint density at radius 1 is 1.06 bits per heavy atom. The molecule has 6 heteroatoms. The van der Waals surface area contributed by atoms with Crippen molar-refractivity contribution in [3.63, 3.8) is 0 Å². The maximum Gasteiger partial charge on any atom is 0.277 e. The average molecular weight is 446 g/mol. The lowest BCUT2D eigenvalue weighted by Gasteiger charge is -2.08. The third kappa shape index (κ3) is 4.84. The average Bonchev–Trinajstić information content (AvgIpc) is 3.06. The first kappa shape index (κ1) is 21.7. The highest BCUT2D eigenvalue weighted by Crippen LogP contribution is 2.25. The topological polar surface area (TPSA) is 55.6 Å². The van der Waals surface area contributed by atoms with Crippen LogP contribution in [0.15, 0.2) is 77.9 Å². The van der Waals surface area contributed by atoms with Gasteiger partial charge in [-0.25, -0.2) is 5.43 Å². The highest BCUT2D eigenvalue weighted by Gasteiger charge is 2.13. The first-order chi connectivity index (χ1) is 15.5. The van der Waals surface area contributed by atoms with Crippen molar-refractivity contribution >= 4 is 34.6 Å². The number of amides is 1. The molecule has 0 radical (unpaired) electrons. The maximum atomic E-state index is 12.2. The molecule has 0 atom stereocenters. The van der Waals surface area contributed by atoms with Gasteiger partial charge < -0.3 is 9.30 Å². The number of fused-ring (bicyclic) bond motifs is 1. The second kappa shape index (κ2) is 9.71. The molecule has 4 aromatic rings. The number of para-hydroxylation sites is 1. The zero-order chi connectivity index (χ0) is 22.5. The molecular formula is C26H24ClN3O2. The lowest BCUT2D eigenvalue weighted by molar-refractivity contribution is -0.123. The molecule has 1 heterocycles. The first-order valence-corrected chi connectivity index (χ1v) is 10.7. The molecule has 1 aromatic heterocycles. The van der Waals surface area contributed by atoms with Gasteiger partial charge in [0.1, 0.15) is 5.75 Å². The van der Waals surface area contributed by atoms with Gasteiger partial charge in [0.05, 0.1) is 6.21 Å². The standard InChI is InChI=1S/C26H24ClN3O2/c1-18-14-21(12-13-24(18)27)32-17-26(31)29-28-15-23-19(2)30(16-20-8-4-3-5-9-20)25-11-7-6-10-22(23)25/h3-15H,16-17H2,1-2H3,(H,29,31). The van der Waals surface area contributed by atoms with Crippen molar-refractivity contribution in [2.24, 2.45) is 5.10 Å². The first-order valence-electron chi connectivity index (χ1n) is 10.4. The van der Waals surface area contributed by atoms with Gasteiger partial charge in [-0.3, -0.25) is 4.79 Å². The number of hydrogen-bond donors (Lipinski definition) is 1. The molecule has 32 heavy (non-hydrogen) atoms. The summed E-state index contributed by atoms with van der Waals surface area (Å²) in [5.74, 6) is 0.255. The minimum atomic E-state index is -0.334. The van der Waals surface area contributed by atoms with Crippen LogP contribution in [0.25, 0.3) is 10.9 Å². The molecule has 0 unspecified atom stereocenters. The lowest BCUT2D eigenvalue weighted by atomic mass is 10.1. The van der Waals surface area contributed by atoms with E-state index in [2.05, 4.69) is 46.3 Å². The van der Waals surface area contributed by atoms with E-state index in [0.29, 0.717) is 10.8 Å². The van der Waals surface area contributed by atoms with Crippen molar-refractivity contribution in [3.8, 4) is 5.75 Å². The van der Waals surface area contributed by atoms with Crippen LogP contribution >= 0.6 is 11.6 Å². The van der Waals surface area contributed by atoms with E-state index in [1.807, 2.05) is 37.3 Å². The number of nitrogens with zero attached hydrogens (tertiary/aromatic N) is 2. The molecule has 162 valence electrons. The van der Waals surface area contributed by atoms with Crippen LogP contribution in [0.4, 0.5) is 0 Å². The van der Waals surface area contributed by atoms with Crippen LogP contribution in [-0.2, 0) is 11.3 Å². The number of carbonyl (C=O) groups excluding carboxylic acids is 1. The van der Waals surface area contributed by atoms with Crippen molar-refractivity contribution in [2.75, 3.05) is 6.61 Å². The van der Waals surface area contributed by atoms with E-state index in [4.69, 9.17) is 16.3 Å². The number of ether oxygens (including phenoxy) is 1. The molecule has 0 saturated carbocycles. The summed E-state index contributed by atoms with van der Waals surface area (Å²) in [6.07, 6.45) is 1.70. The molecule has 0 bridgehead atoms. The van der Waals surface area contributed by atoms with Crippen molar-refractivity contribution in [2.45, 2.75) is 20.4 Å². The van der Waals surface area contributed by atoms with Crippen molar-refractivity contribution in [1.29, 1.82) is 0 Å². The van der Waals surface area contributed by atoms with Crippen LogP contribution in [0, 0.1) is 13.8 Å². The third-order valence-corrected chi connectivity index (χ3v) is 5.77. The Morgan fingerprint density at radius 2 is 1.81 bits per heavy atom. The van der Waals surface area contributed by atoms with Crippen LogP contribution in [0.1, 0.15) is 22.4 Å². The molecule has 0 spiro atoms. The summed E-state index contributed by atoms with van der Waals surface area (Å²) in [6.45, 7) is 4.59. The van der Waals surface area contributed by atoms with Gasteiger partial charge in [-0.15, -0.1) is 0 Å². The molecule has 0 aliphatic carbocycles. The molecule has 5 nitrogen and oxygen atoms in total. The number of aryl methyl sites for hydroxylation is 1. The fourth-order valence-corrected chi connectivity index (χ4v) is 3.76. The van der Waals surface area contributed by atoms with Crippen LogP contribution < -0.4 is 10.2 Å². The summed E-state index contributed by atoms with van der Waals surface area (Å²) in [5, 5.41) is 5.93. The SMILES string of the molecule is Cc1cc(OCC(=O)NN=Cc2c(C)n(Cc3ccccc3)c3ccccc23)ccc1Cl. The molecule has 0 aliphatic heterocycles. The molecular weight excluding hydrogens is 422 g/mol. The predicted octanol–water partition coefficient (Wildman–Crippen LogP) is 5.49. The summed E-state index contributed by atoms with van der Waals surface area (Å²) >= 11 is 6.02. The number of benzene rings is 3. The van der Waals surface area contributed by atoms with E-state index in [1.165, 1.54) is 5.56 Å². The number of carbonyl (C=O) groups is 1. The molecule has 0 saturated heterocycles. The monoisotopic (exact) mass is 445 g/mol. The molecule has 4 rings (SSSR count). The summed E-state index contributed by atoms with van der Waals surface area (Å²) in [5.41, 5.74) is 7.86. The fraction of sp³-hybridized carbons (Fsp3) is 0.154. The Morgan fingerprint density at radius 3 is 2.59 bits per heavy atom. The Balaban J connectivity index is 1.47. The van der Waals surface area contributed by atoms with Gasteiger partial charge in [0, 0.05) is 33.7 Å². The second-order valence-corrected chi connectivity index (χ2v) is 7.99. The van der Waals surface area contributed by atoms with Gasteiger partial charge in [0.25, 0.3) is 5.91 Å². The van der Waals surface area contributed by atoms with E-state index in [-0.39, 0.29) is 12.5 Å². The lowest BCUT2D eigenvalue weighted by Crippen LogP contribution is -2.24. The van der Waals surface area contributed by atoms with Crippen molar-refractivity contribution in [1.82, 2.24) is 9.99 Å². The molecule has 0 aliphatic rings. The number of aromatic nitrogens is 1. The number of rotatable bonds is 7. The van der Waals surface area contributed by atoms with E-state index in [1.54, 1.807) is 24.4 Å². The molecule has 1 N–H and O–H groups in total. The Labute approximate surface area is 192 Å². The number of nitrogens with one attached hydrogen (secondary N) is 1. The van der Waals surface area contributed by atoms with Gasteiger partial charge in [0.2, 0.25) is 0 Å². The largest absolute Gasteiger partial charge is 0.484 e. The Hall–Kier alpha value is -3.57. The smallest absolute Gasteiger partial charge is 0.277 e. The number of halogens is 1. The highest BCUT2D eigenvalue weighted by atomic mass is 35.5. The molecule has 0 fully saturated rings. The van der Waals surface area contributed by atoms with Gasteiger partial charge in [0.15, 0.2) is 6.61 Å². The summed E-state index contributed by atoms with van der Waals surface area (Å²) < 4.78 is 7.79. The number of hydrazone groups is 1. The summed E-state index contributed by atoms with van der Waals surface area (Å²) in [4.78, 5) is 12.2. The van der Waals surface area contributed by atoms with Gasteiger partial charge in [-0.2, -0.15) is 5.10 Å². The predicted molar refractivity (Wildman–Crippen MR) is 130 cm³/mol. The van der Waals surface area contributed by atoms with Crippen LogP contribution in [0.5, 0.6) is 5.75 Å². The third-order valence-electron chi connectivity index (χ3n) is 5.35. The maximum absolute atomic E-state index is 12.2. The van der Waals surface area contributed by atoms with Crippen molar-refractivity contribution < 1.29 is 9.53 Å². The Kier molecular flexibility index (Phi) is 6.57. The zero-order valence-electron chi connectivity index (χ0n) is 18.0. The highest BCUT2D eigenvalue weighted by molar-refractivity contribution is 6.31.